The summed E-state index contributed by atoms with van der Waals surface area (Å²) in [6.07, 6.45) is 2.71. The first kappa shape index (κ1) is 13.8. The minimum Gasteiger partial charge on any atom is -0.336 e. The van der Waals surface area contributed by atoms with Gasteiger partial charge in [-0.25, -0.2) is 9.67 Å². The lowest BCUT2D eigenvalue weighted by Gasteiger charge is -2.11. The van der Waals surface area contributed by atoms with Gasteiger partial charge in [-0.3, -0.25) is 0 Å². The number of rotatable bonds is 6. The van der Waals surface area contributed by atoms with E-state index in [0.29, 0.717) is 0 Å². The van der Waals surface area contributed by atoms with E-state index >= 15 is 0 Å². The van der Waals surface area contributed by atoms with E-state index in [0.717, 1.165) is 31.9 Å². The van der Waals surface area contributed by atoms with Crippen molar-refractivity contribution >= 4 is 10.9 Å². The number of para-hydroxylation sites is 1. The number of nitrogens with zero attached hydrogens (tertiary/aromatic N) is 4. The molecule has 0 aliphatic rings. The normalized spacial score (nSPS) is 11.3. The smallest absolute Gasteiger partial charge is 0.146 e. The van der Waals surface area contributed by atoms with Crippen LogP contribution in [0, 0.1) is 0 Å². The van der Waals surface area contributed by atoms with Crippen molar-refractivity contribution in [3.05, 3.63) is 48.2 Å². The summed E-state index contributed by atoms with van der Waals surface area (Å²) in [5.74, 6) is 1.01. The first-order valence-electron chi connectivity index (χ1n) is 7.42. The van der Waals surface area contributed by atoms with Crippen molar-refractivity contribution in [2.24, 2.45) is 0 Å². The molecule has 1 N–H and O–H groups in total. The minimum atomic E-state index is 0.754. The lowest BCUT2D eigenvalue weighted by molar-refractivity contribution is 0.552. The van der Waals surface area contributed by atoms with Gasteiger partial charge in [-0.05, 0) is 31.0 Å². The van der Waals surface area contributed by atoms with Crippen LogP contribution >= 0.6 is 0 Å². The molecule has 0 aliphatic carbocycles. The van der Waals surface area contributed by atoms with E-state index in [-0.39, 0.29) is 0 Å². The Bertz CT molecular complexity index is 725. The highest BCUT2D eigenvalue weighted by molar-refractivity contribution is 5.81. The number of benzene rings is 1. The number of nitrogens with one attached hydrogen (secondary N) is 1. The van der Waals surface area contributed by atoms with Crippen molar-refractivity contribution in [2.75, 3.05) is 7.05 Å². The summed E-state index contributed by atoms with van der Waals surface area (Å²) in [5.41, 5.74) is 2.51. The van der Waals surface area contributed by atoms with Gasteiger partial charge in [0.1, 0.15) is 12.2 Å². The molecular formula is C16H21N5. The fourth-order valence-electron chi connectivity index (χ4n) is 2.73. The van der Waals surface area contributed by atoms with Crippen LogP contribution in [0.25, 0.3) is 10.9 Å². The van der Waals surface area contributed by atoms with Crippen LogP contribution in [-0.2, 0) is 19.6 Å². The lowest BCUT2D eigenvalue weighted by Crippen LogP contribution is -2.15. The molecule has 5 heteroatoms. The molecule has 0 bridgehead atoms. The van der Waals surface area contributed by atoms with Crippen molar-refractivity contribution < 1.29 is 0 Å². The van der Waals surface area contributed by atoms with Crippen LogP contribution in [0.5, 0.6) is 0 Å². The van der Waals surface area contributed by atoms with Crippen molar-refractivity contribution in [1.29, 1.82) is 0 Å². The highest BCUT2D eigenvalue weighted by Crippen LogP contribution is 2.21. The third-order valence-corrected chi connectivity index (χ3v) is 3.68. The predicted molar refractivity (Wildman–Crippen MR) is 84.1 cm³/mol. The van der Waals surface area contributed by atoms with Gasteiger partial charge in [0.15, 0.2) is 0 Å². The maximum atomic E-state index is 4.43. The number of hydrogen-bond donors (Lipinski definition) is 1. The molecule has 0 fully saturated rings. The molecule has 0 unspecified atom stereocenters. The molecule has 5 nitrogen and oxygen atoms in total. The van der Waals surface area contributed by atoms with E-state index in [2.05, 4.69) is 57.2 Å². The Balaban J connectivity index is 2.02. The SMILES string of the molecule is CCCn1ncnc1Cn1c(CNC)cc2ccccc21. The zero-order valence-electron chi connectivity index (χ0n) is 12.6. The minimum absolute atomic E-state index is 0.754. The van der Waals surface area contributed by atoms with Crippen molar-refractivity contribution in [3.8, 4) is 0 Å². The predicted octanol–water partition coefficient (Wildman–Crippen LogP) is 2.41. The Morgan fingerprint density at radius 2 is 2.10 bits per heavy atom. The monoisotopic (exact) mass is 283 g/mol. The van der Waals surface area contributed by atoms with Gasteiger partial charge in [-0.1, -0.05) is 25.1 Å². The summed E-state index contributed by atoms with van der Waals surface area (Å²) in [7, 11) is 1.97. The van der Waals surface area contributed by atoms with Gasteiger partial charge in [0, 0.05) is 24.3 Å². The van der Waals surface area contributed by atoms with Crippen LogP contribution in [0.15, 0.2) is 36.7 Å². The van der Waals surface area contributed by atoms with Crippen LogP contribution in [0.4, 0.5) is 0 Å². The molecule has 1 aromatic carbocycles. The highest BCUT2D eigenvalue weighted by Gasteiger charge is 2.11. The summed E-state index contributed by atoms with van der Waals surface area (Å²) < 4.78 is 4.32. The van der Waals surface area contributed by atoms with E-state index in [1.807, 2.05) is 11.7 Å². The molecule has 2 heterocycles. The Labute approximate surface area is 124 Å². The second kappa shape index (κ2) is 6.10. The lowest BCUT2D eigenvalue weighted by atomic mass is 10.2. The molecule has 110 valence electrons. The van der Waals surface area contributed by atoms with E-state index in [1.165, 1.54) is 16.6 Å². The third kappa shape index (κ3) is 2.69. The Kier molecular flexibility index (Phi) is 4.01. The van der Waals surface area contributed by atoms with E-state index in [9.17, 15) is 0 Å². The second-order valence-corrected chi connectivity index (χ2v) is 5.21. The molecular weight excluding hydrogens is 262 g/mol. The molecule has 0 saturated carbocycles. The fourth-order valence-corrected chi connectivity index (χ4v) is 2.73. The number of hydrogen-bond acceptors (Lipinski definition) is 3. The molecule has 0 saturated heterocycles. The van der Waals surface area contributed by atoms with Gasteiger partial charge in [-0.2, -0.15) is 5.10 Å². The molecule has 0 radical (unpaired) electrons. The van der Waals surface area contributed by atoms with Crippen molar-refractivity contribution in [3.63, 3.8) is 0 Å². The van der Waals surface area contributed by atoms with Gasteiger partial charge in [0.05, 0.1) is 6.54 Å². The largest absolute Gasteiger partial charge is 0.336 e. The van der Waals surface area contributed by atoms with Gasteiger partial charge in [0.2, 0.25) is 0 Å². The first-order chi connectivity index (χ1) is 10.3. The molecule has 21 heavy (non-hydrogen) atoms. The standard InChI is InChI=1S/C16H21N5/c1-3-8-21-16(18-12-19-21)11-20-14(10-17-2)9-13-6-4-5-7-15(13)20/h4-7,9,12,17H,3,8,10-11H2,1-2H3. The number of aromatic nitrogens is 4. The quantitative estimate of drug-likeness (QED) is 0.755. The summed E-state index contributed by atoms with van der Waals surface area (Å²) >= 11 is 0. The van der Waals surface area contributed by atoms with Gasteiger partial charge in [-0.15, -0.1) is 0 Å². The average Bonchev–Trinajstić information content (AvgIpc) is 3.06. The van der Waals surface area contributed by atoms with Gasteiger partial charge < -0.3 is 9.88 Å². The van der Waals surface area contributed by atoms with Crippen molar-refractivity contribution in [2.45, 2.75) is 33.0 Å². The highest BCUT2D eigenvalue weighted by atomic mass is 15.3. The topological polar surface area (TPSA) is 47.7 Å². The van der Waals surface area contributed by atoms with Crippen LogP contribution in [-0.4, -0.2) is 26.4 Å². The van der Waals surface area contributed by atoms with Crippen LogP contribution in [0.3, 0.4) is 0 Å². The molecule has 0 aliphatic heterocycles. The molecule has 0 spiro atoms. The van der Waals surface area contributed by atoms with Crippen molar-refractivity contribution in [1.82, 2.24) is 24.6 Å². The van der Waals surface area contributed by atoms with Crippen LogP contribution in [0.2, 0.25) is 0 Å². The third-order valence-electron chi connectivity index (χ3n) is 3.68. The molecule has 0 amide bonds. The summed E-state index contributed by atoms with van der Waals surface area (Å²) in [5, 5.41) is 8.83. The second-order valence-electron chi connectivity index (χ2n) is 5.21. The number of fused-ring (bicyclic) bond motifs is 1. The number of aryl methyl sites for hydroxylation is 1. The van der Waals surface area contributed by atoms with E-state index < -0.39 is 0 Å². The summed E-state index contributed by atoms with van der Waals surface area (Å²) in [6, 6.07) is 10.7. The Morgan fingerprint density at radius 3 is 2.90 bits per heavy atom. The molecule has 3 rings (SSSR count). The molecule has 3 aromatic rings. The molecule has 2 aromatic heterocycles. The maximum Gasteiger partial charge on any atom is 0.146 e. The first-order valence-corrected chi connectivity index (χ1v) is 7.42. The van der Waals surface area contributed by atoms with Crippen LogP contribution < -0.4 is 5.32 Å². The van der Waals surface area contributed by atoms with Gasteiger partial charge in [0.25, 0.3) is 0 Å². The fraction of sp³-hybridized carbons (Fsp3) is 0.375. The summed E-state index contributed by atoms with van der Waals surface area (Å²) in [4.78, 5) is 4.43. The molecule has 0 atom stereocenters. The van der Waals surface area contributed by atoms with Gasteiger partial charge >= 0.3 is 0 Å². The Morgan fingerprint density at radius 1 is 1.24 bits per heavy atom. The average molecular weight is 283 g/mol. The van der Waals surface area contributed by atoms with Crippen LogP contribution in [0.1, 0.15) is 24.9 Å². The van der Waals surface area contributed by atoms with E-state index in [1.54, 1.807) is 6.33 Å². The summed E-state index contributed by atoms with van der Waals surface area (Å²) in [6.45, 7) is 4.67. The maximum absolute atomic E-state index is 4.43. The zero-order chi connectivity index (χ0) is 14.7. The van der Waals surface area contributed by atoms with E-state index in [4.69, 9.17) is 0 Å². The zero-order valence-corrected chi connectivity index (χ0v) is 12.6. The Hall–Kier alpha value is -2.14.